The Bertz CT molecular complexity index is 1370. The Morgan fingerprint density at radius 3 is 2.15 bits per heavy atom. The minimum atomic E-state index is -5.08. The Balaban J connectivity index is 0.000000493. The molecule has 2 saturated heterocycles. The summed E-state index contributed by atoms with van der Waals surface area (Å²) in [6.07, 6.45) is -1.22. The number of rotatable bonds is 4. The van der Waals surface area contributed by atoms with E-state index in [-0.39, 0.29) is 17.7 Å². The van der Waals surface area contributed by atoms with E-state index >= 15 is 0 Å². The number of imidazole rings is 1. The SMILES string of the molecule is CC(C)N1CCN(C(=O)c2nc(C3CCCN(C(=O)c4ccccc4)C3)n3ccccc23)CC1.O=C(O)C(F)(F)F. The molecule has 1 atom stereocenters. The van der Waals surface area contributed by atoms with E-state index in [2.05, 4.69) is 23.1 Å². The van der Waals surface area contributed by atoms with Crippen molar-refractivity contribution in [2.45, 2.75) is 44.8 Å². The number of hydrogen-bond acceptors (Lipinski definition) is 5. The monoisotopic (exact) mass is 573 g/mol. The van der Waals surface area contributed by atoms with E-state index in [1.54, 1.807) is 0 Å². The number of carbonyl (C=O) groups excluding carboxylic acids is 2. The highest BCUT2D eigenvalue weighted by molar-refractivity contribution is 5.99. The molecule has 41 heavy (non-hydrogen) atoms. The summed E-state index contributed by atoms with van der Waals surface area (Å²) in [5.41, 5.74) is 2.09. The van der Waals surface area contributed by atoms with Gasteiger partial charge in [0, 0.05) is 63.0 Å². The van der Waals surface area contributed by atoms with E-state index < -0.39 is 12.1 Å². The molecule has 1 N–H and O–H groups in total. The number of nitrogens with zero attached hydrogens (tertiary/aromatic N) is 5. The zero-order valence-corrected chi connectivity index (χ0v) is 23.0. The highest BCUT2D eigenvalue weighted by atomic mass is 19.4. The van der Waals surface area contributed by atoms with Gasteiger partial charge in [-0.1, -0.05) is 24.3 Å². The Morgan fingerprint density at radius 2 is 1.54 bits per heavy atom. The van der Waals surface area contributed by atoms with Gasteiger partial charge in [-0.25, -0.2) is 9.78 Å². The summed E-state index contributed by atoms with van der Waals surface area (Å²) in [5, 5.41) is 7.12. The number of fused-ring (bicyclic) bond motifs is 1. The molecule has 3 aromatic rings. The average molecular weight is 574 g/mol. The summed E-state index contributed by atoms with van der Waals surface area (Å²) in [6.45, 7) is 8.98. The van der Waals surface area contributed by atoms with E-state index in [0.29, 0.717) is 23.8 Å². The molecule has 5 rings (SSSR count). The van der Waals surface area contributed by atoms with Crippen LogP contribution in [0.1, 0.15) is 59.3 Å². The number of aromatic nitrogens is 2. The molecule has 9 nitrogen and oxygen atoms in total. The molecule has 2 aliphatic heterocycles. The van der Waals surface area contributed by atoms with Gasteiger partial charge < -0.3 is 19.3 Å². The fourth-order valence-electron chi connectivity index (χ4n) is 5.23. The summed E-state index contributed by atoms with van der Waals surface area (Å²) in [6, 6.07) is 15.9. The normalized spacial score (nSPS) is 18.2. The van der Waals surface area contributed by atoms with Crippen LogP contribution in [0.5, 0.6) is 0 Å². The number of piperazine rings is 1. The van der Waals surface area contributed by atoms with E-state index in [1.165, 1.54) is 0 Å². The van der Waals surface area contributed by atoms with Gasteiger partial charge in [0.05, 0.1) is 5.52 Å². The Labute approximate surface area is 236 Å². The molecule has 2 amide bonds. The van der Waals surface area contributed by atoms with Crippen LogP contribution in [0.15, 0.2) is 54.7 Å². The second-order valence-electron chi connectivity index (χ2n) is 10.5. The van der Waals surface area contributed by atoms with Gasteiger partial charge in [-0.05, 0) is 51.0 Å². The number of carbonyl (C=O) groups is 3. The maximum absolute atomic E-state index is 13.5. The summed E-state index contributed by atoms with van der Waals surface area (Å²) in [7, 11) is 0. The molecule has 12 heteroatoms. The van der Waals surface area contributed by atoms with Crippen LogP contribution in [0.3, 0.4) is 0 Å². The zero-order chi connectivity index (χ0) is 29.7. The van der Waals surface area contributed by atoms with Gasteiger partial charge in [-0.3, -0.25) is 14.5 Å². The summed E-state index contributed by atoms with van der Waals surface area (Å²) in [4.78, 5) is 46.7. The lowest BCUT2D eigenvalue weighted by Crippen LogP contribution is -2.50. The Kier molecular flexibility index (Phi) is 9.31. The first-order valence-electron chi connectivity index (χ1n) is 13.6. The van der Waals surface area contributed by atoms with Crippen LogP contribution in [0, 0.1) is 0 Å². The van der Waals surface area contributed by atoms with Crippen molar-refractivity contribution < 1.29 is 32.7 Å². The number of benzene rings is 1. The maximum Gasteiger partial charge on any atom is 0.490 e. The minimum Gasteiger partial charge on any atom is -0.475 e. The van der Waals surface area contributed by atoms with E-state index in [0.717, 1.165) is 56.9 Å². The first kappa shape index (κ1) is 30.0. The second kappa shape index (κ2) is 12.7. The molecule has 2 fully saturated rings. The smallest absolute Gasteiger partial charge is 0.475 e. The number of carboxylic acids is 1. The van der Waals surface area contributed by atoms with E-state index in [4.69, 9.17) is 14.9 Å². The number of carboxylic acid groups (broad SMARTS) is 1. The van der Waals surface area contributed by atoms with Crippen molar-refractivity contribution in [3.05, 3.63) is 71.8 Å². The zero-order valence-electron chi connectivity index (χ0n) is 23.0. The van der Waals surface area contributed by atoms with Crippen molar-refractivity contribution >= 4 is 23.3 Å². The maximum atomic E-state index is 13.5. The van der Waals surface area contributed by atoms with Gasteiger partial charge in [0.25, 0.3) is 11.8 Å². The van der Waals surface area contributed by atoms with Gasteiger partial charge >= 0.3 is 12.1 Å². The molecule has 1 unspecified atom stereocenters. The van der Waals surface area contributed by atoms with Crippen LogP contribution in [0.25, 0.3) is 5.52 Å². The Morgan fingerprint density at radius 1 is 0.902 bits per heavy atom. The van der Waals surface area contributed by atoms with Gasteiger partial charge in [-0.2, -0.15) is 13.2 Å². The summed E-state index contributed by atoms with van der Waals surface area (Å²) >= 11 is 0. The minimum absolute atomic E-state index is 0.00591. The molecule has 0 spiro atoms. The van der Waals surface area contributed by atoms with Crippen LogP contribution < -0.4 is 0 Å². The number of pyridine rings is 1. The Hall–Kier alpha value is -3.93. The first-order valence-corrected chi connectivity index (χ1v) is 13.6. The predicted molar refractivity (Wildman–Crippen MR) is 146 cm³/mol. The number of hydrogen-bond donors (Lipinski definition) is 1. The average Bonchev–Trinajstić information content (AvgIpc) is 3.36. The number of alkyl halides is 3. The molecule has 0 saturated carbocycles. The lowest BCUT2D eigenvalue weighted by molar-refractivity contribution is -0.192. The number of likely N-dealkylation sites (tertiary alicyclic amines) is 1. The van der Waals surface area contributed by atoms with Crippen molar-refractivity contribution in [1.82, 2.24) is 24.1 Å². The summed E-state index contributed by atoms with van der Waals surface area (Å²) in [5.74, 6) is -1.72. The largest absolute Gasteiger partial charge is 0.490 e. The summed E-state index contributed by atoms with van der Waals surface area (Å²) < 4.78 is 33.8. The van der Waals surface area contributed by atoms with Gasteiger partial charge in [0.1, 0.15) is 5.82 Å². The molecule has 0 aliphatic carbocycles. The van der Waals surface area contributed by atoms with Gasteiger partial charge in [0.2, 0.25) is 0 Å². The highest BCUT2D eigenvalue weighted by Gasteiger charge is 2.38. The van der Waals surface area contributed by atoms with Crippen LogP contribution in [-0.2, 0) is 4.79 Å². The van der Waals surface area contributed by atoms with E-state index in [1.807, 2.05) is 64.5 Å². The highest BCUT2D eigenvalue weighted by Crippen LogP contribution is 2.29. The number of piperidine rings is 1. The lowest BCUT2D eigenvalue weighted by Gasteiger charge is -2.36. The van der Waals surface area contributed by atoms with Crippen molar-refractivity contribution in [1.29, 1.82) is 0 Å². The van der Waals surface area contributed by atoms with Crippen LogP contribution in [-0.4, -0.2) is 98.5 Å². The van der Waals surface area contributed by atoms with Crippen molar-refractivity contribution in [3.63, 3.8) is 0 Å². The number of halogens is 3. The molecule has 220 valence electrons. The lowest BCUT2D eigenvalue weighted by atomic mass is 9.96. The standard InChI is InChI=1S/C27H33N5O2.C2HF3O2/c1-20(2)29-15-17-30(18-16-29)27(34)24-23-12-6-7-14-32(23)25(28-24)22-11-8-13-31(19-22)26(33)21-9-4-3-5-10-21;3-2(4,5)1(6)7/h3-7,9-10,12,14,20,22H,8,11,13,15-19H2,1-2H3;(H,6,7). The topological polar surface area (TPSA) is 98.5 Å². The van der Waals surface area contributed by atoms with Gasteiger partial charge in [0.15, 0.2) is 5.69 Å². The quantitative estimate of drug-likeness (QED) is 0.504. The molecule has 2 aliphatic rings. The van der Waals surface area contributed by atoms with Crippen molar-refractivity contribution in [2.24, 2.45) is 0 Å². The first-order chi connectivity index (χ1) is 19.5. The third kappa shape index (κ3) is 7.05. The fourth-order valence-corrected chi connectivity index (χ4v) is 5.23. The molecule has 1 aromatic carbocycles. The fraction of sp³-hybridized carbons (Fsp3) is 0.448. The third-order valence-corrected chi connectivity index (χ3v) is 7.45. The van der Waals surface area contributed by atoms with Crippen LogP contribution in [0.2, 0.25) is 0 Å². The van der Waals surface area contributed by atoms with Crippen molar-refractivity contribution in [2.75, 3.05) is 39.3 Å². The van der Waals surface area contributed by atoms with E-state index in [9.17, 15) is 22.8 Å². The molecule has 0 radical (unpaired) electrons. The van der Waals surface area contributed by atoms with Crippen molar-refractivity contribution in [3.8, 4) is 0 Å². The van der Waals surface area contributed by atoms with Crippen LogP contribution >= 0.6 is 0 Å². The molecule has 0 bridgehead atoms. The molecule has 2 aromatic heterocycles. The number of amides is 2. The number of aliphatic carboxylic acids is 1. The molecular weight excluding hydrogens is 539 g/mol. The second-order valence-corrected chi connectivity index (χ2v) is 10.5. The predicted octanol–water partition coefficient (Wildman–Crippen LogP) is 4.15. The molecule has 4 heterocycles. The third-order valence-electron chi connectivity index (χ3n) is 7.45. The van der Waals surface area contributed by atoms with Crippen LogP contribution in [0.4, 0.5) is 13.2 Å². The molecular formula is C29H34F3N5O4. The van der Waals surface area contributed by atoms with Gasteiger partial charge in [-0.15, -0.1) is 0 Å².